The van der Waals surface area contributed by atoms with E-state index in [9.17, 15) is 0 Å². The highest BCUT2D eigenvalue weighted by molar-refractivity contribution is 9.10. The van der Waals surface area contributed by atoms with Crippen molar-refractivity contribution < 1.29 is 9.47 Å². The maximum Gasteiger partial charge on any atom is 0.119 e. The summed E-state index contributed by atoms with van der Waals surface area (Å²) in [7, 11) is 1.69. The van der Waals surface area contributed by atoms with Gasteiger partial charge in [-0.1, -0.05) is 29.8 Å². The highest BCUT2D eigenvalue weighted by Crippen LogP contribution is 2.22. The van der Waals surface area contributed by atoms with Gasteiger partial charge in [-0.15, -0.1) is 0 Å². The highest BCUT2D eigenvalue weighted by Gasteiger charge is 2.13. The van der Waals surface area contributed by atoms with Crippen LogP contribution in [0, 0.1) is 5.92 Å². The lowest BCUT2D eigenvalue weighted by molar-refractivity contribution is 0.108. The third kappa shape index (κ3) is 5.51. The smallest absolute Gasteiger partial charge is 0.119 e. The van der Waals surface area contributed by atoms with E-state index in [1.807, 2.05) is 19.1 Å². The van der Waals surface area contributed by atoms with Crippen molar-refractivity contribution in [3.8, 4) is 5.75 Å². The second-order valence-electron chi connectivity index (χ2n) is 4.85. The van der Waals surface area contributed by atoms with E-state index in [0.29, 0.717) is 12.0 Å². The van der Waals surface area contributed by atoms with Gasteiger partial charge in [0.1, 0.15) is 5.75 Å². The van der Waals surface area contributed by atoms with Gasteiger partial charge in [0.2, 0.25) is 0 Å². The average molecular weight is 330 g/mol. The Morgan fingerprint density at radius 2 is 2.05 bits per heavy atom. The van der Waals surface area contributed by atoms with E-state index < -0.39 is 0 Å². The monoisotopic (exact) mass is 329 g/mol. The summed E-state index contributed by atoms with van der Waals surface area (Å²) in [4.78, 5) is 0. The maximum absolute atomic E-state index is 5.52. The lowest BCUT2D eigenvalue weighted by atomic mass is 10.0. The highest BCUT2D eigenvalue weighted by atomic mass is 79.9. The van der Waals surface area contributed by atoms with Crippen LogP contribution in [0.3, 0.4) is 0 Å². The van der Waals surface area contributed by atoms with Gasteiger partial charge in [0.25, 0.3) is 0 Å². The molecule has 0 aliphatic carbocycles. The number of nitrogens with one attached hydrogen (secondary N) is 1. The molecule has 0 aromatic heterocycles. The van der Waals surface area contributed by atoms with Crippen LogP contribution in [-0.2, 0) is 11.3 Å². The molecule has 0 heterocycles. The molecule has 0 radical (unpaired) electrons. The fraction of sp³-hybridized carbons (Fsp3) is 0.600. The van der Waals surface area contributed by atoms with Gasteiger partial charge < -0.3 is 14.8 Å². The molecule has 0 amide bonds. The van der Waals surface area contributed by atoms with E-state index in [1.165, 1.54) is 5.56 Å². The lowest BCUT2D eigenvalue weighted by Crippen LogP contribution is -2.37. The van der Waals surface area contributed by atoms with Crippen LogP contribution in [0.4, 0.5) is 0 Å². The van der Waals surface area contributed by atoms with Crippen molar-refractivity contribution in [1.82, 2.24) is 5.32 Å². The first kappa shape index (κ1) is 16.5. The zero-order chi connectivity index (χ0) is 14.3. The third-order valence-corrected chi connectivity index (χ3v) is 3.89. The number of halogens is 1. The second kappa shape index (κ2) is 8.56. The largest absolute Gasteiger partial charge is 0.497 e. The molecule has 0 aliphatic rings. The fourth-order valence-electron chi connectivity index (χ4n) is 1.79. The van der Waals surface area contributed by atoms with Crippen molar-refractivity contribution in [2.75, 3.05) is 20.3 Å². The van der Waals surface area contributed by atoms with Crippen molar-refractivity contribution in [3.63, 3.8) is 0 Å². The summed E-state index contributed by atoms with van der Waals surface area (Å²) in [5.74, 6) is 1.42. The van der Waals surface area contributed by atoms with Gasteiger partial charge in [-0.25, -0.2) is 0 Å². The van der Waals surface area contributed by atoms with Crippen molar-refractivity contribution in [3.05, 3.63) is 28.2 Å². The normalized spacial score (nSPS) is 12.7. The minimum absolute atomic E-state index is 0.359. The number of benzene rings is 1. The number of hydrogen-bond donors (Lipinski definition) is 1. The number of rotatable bonds is 8. The summed E-state index contributed by atoms with van der Waals surface area (Å²) in [6.45, 7) is 8.74. The first-order chi connectivity index (χ1) is 9.08. The van der Waals surface area contributed by atoms with E-state index in [1.54, 1.807) is 7.11 Å². The Kier molecular flexibility index (Phi) is 7.42. The summed E-state index contributed by atoms with van der Waals surface area (Å²) in [5.41, 5.74) is 1.20. The van der Waals surface area contributed by atoms with Gasteiger partial charge in [-0.05, 0) is 36.6 Å². The van der Waals surface area contributed by atoms with Gasteiger partial charge >= 0.3 is 0 Å². The predicted molar refractivity (Wildman–Crippen MR) is 82.7 cm³/mol. The van der Waals surface area contributed by atoms with Gasteiger partial charge in [-0.3, -0.25) is 0 Å². The molecule has 1 rings (SSSR count). The molecule has 108 valence electrons. The van der Waals surface area contributed by atoms with Crippen LogP contribution >= 0.6 is 15.9 Å². The van der Waals surface area contributed by atoms with E-state index >= 15 is 0 Å². The summed E-state index contributed by atoms with van der Waals surface area (Å²) in [5, 5.41) is 3.55. The molecule has 0 fully saturated rings. The molecule has 1 N–H and O–H groups in total. The molecule has 0 saturated carbocycles. The zero-order valence-corrected chi connectivity index (χ0v) is 13.8. The van der Waals surface area contributed by atoms with Crippen LogP contribution < -0.4 is 10.1 Å². The SMILES string of the molecule is CCOCC(NCc1cc(OC)ccc1Br)C(C)C. The van der Waals surface area contributed by atoms with Gasteiger partial charge in [0.15, 0.2) is 0 Å². The topological polar surface area (TPSA) is 30.5 Å². The molecular weight excluding hydrogens is 306 g/mol. The molecule has 0 aliphatic heterocycles. The summed E-state index contributed by atoms with van der Waals surface area (Å²) in [6, 6.07) is 6.38. The van der Waals surface area contributed by atoms with E-state index in [2.05, 4.69) is 41.2 Å². The Balaban J connectivity index is 2.62. The minimum Gasteiger partial charge on any atom is -0.497 e. The van der Waals surface area contributed by atoms with Crippen LogP contribution in [0.5, 0.6) is 5.75 Å². The molecule has 1 unspecified atom stereocenters. The fourth-order valence-corrected chi connectivity index (χ4v) is 2.17. The van der Waals surface area contributed by atoms with Crippen LogP contribution in [-0.4, -0.2) is 26.4 Å². The summed E-state index contributed by atoms with van der Waals surface area (Å²) in [6.07, 6.45) is 0. The molecule has 0 spiro atoms. The zero-order valence-electron chi connectivity index (χ0n) is 12.2. The lowest BCUT2D eigenvalue weighted by Gasteiger charge is -2.22. The Bertz CT molecular complexity index is 382. The molecule has 3 nitrogen and oxygen atoms in total. The van der Waals surface area contributed by atoms with Gasteiger partial charge in [-0.2, -0.15) is 0 Å². The molecule has 4 heteroatoms. The molecular formula is C15H24BrNO2. The van der Waals surface area contributed by atoms with Crippen LogP contribution in [0.15, 0.2) is 22.7 Å². The number of methoxy groups -OCH3 is 1. The molecule has 19 heavy (non-hydrogen) atoms. The molecule has 1 atom stereocenters. The first-order valence-electron chi connectivity index (χ1n) is 6.72. The van der Waals surface area contributed by atoms with Crippen molar-refractivity contribution in [2.24, 2.45) is 5.92 Å². The van der Waals surface area contributed by atoms with Crippen molar-refractivity contribution in [1.29, 1.82) is 0 Å². The molecule has 1 aromatic rings. The molecule has 1 aromatic carbocycles. The van der Waals surface area contributed by atoms with Crippen LogP contribution in [0.1, 0.15) is 26.3 Å². The number of hydrogen-bond acceptors (Lipinski definition) is 3. The average Bonchev–Trinajstić information content (AvgIpc) is 2.40. The van der Waals surface area contributed by atoms with Crippen molar-refractivity contribution in [2.45, 2.75) is 33.4 Å². The van der Waals surface area contributed by atoms with Crippen LogP contribution in [0.25, 0.3) is 0 Å². The first-order valence-corrected chi connectivity index (χ1v) is 7.51. The Morgan fingerprint density at radius 3 is 2.63 bits per heavy atom. The van der Waals surface area contributed by atoms with E-state index in [4.69, 9.17) is 9.47 Å². The quantitative estimate of drug-likeness (QED) is 0.790. The van der Waals surface area contributed by atoms with E-state index in [-0.39, 0.29) is 0 Å². The maximum atomic E-state index is 5.52. The Morgan fingerprint density at radius 1 is 1.32 bits per heavy atom. The van der Waals surface area contributed by atoms with Crippen LogP contribution in [0.2, 0.25) is 0 Å². The molecule has 0 saturated heterocycles. The third-order valence-electron chi connectivity index (χ3n) is 3.11. The number of ether oxygens (including phenoxy) is 2. The minimum atomic E-state index is 0.359. The second-order valence-corrected chi connectivity index (χ2v) is 5.70. The summed E-state index contributed by atoms with van der Waals surface area (Å²) >= 11 is 3.57. The van der Waals surface area contributed by atoms with E-state index in [0.717, 1.165) is 30.0 Å². The Labute approximate surface area is 124 Å². The van der Waals surface area contributed by atoms with Gasteiger partial charge in [0.05, 0.1) is 13.7 Å². The predicted octanol–water partition coefficient (Wildman–Crippen LogP) is 3.61. The molecule has 0 bridgehead atoms. The summed E-state index contributed by atoms with van der Waals surface area (Å²) < 4.78 is 11.9. The van der Waals surface area contributed by atoms with Gasteiger partial charge in [0, 0.05) is 23.7 Å². The van der Waals surface area contributed by atoms with Crippen molar-refractivity contribution >= 4 is 15.9 Å². The Hall–Kier alpha value is -0.580. The standard InChI is InChI=1S/C15H24BrNO2/c1-5-19-10-15(11(2)3)17-9-12-8-13(18-4)6-7-14(12)16/h6-8,11,15,17H,5,9-10H2,1-4H3.